The van der Waals surface area contributed by atoms with Gasteiger partial charge in [-0.1, -0.05) is 0 Å². The Kier molecular flexibility index (Phi) is 5.57. The molecule has 0 aliphatic rings. The number of rotatable bonds is 6. The van der Waals surface area contributed by atoms with E-state index in [0.717, 1.165) is 16.5 Å². The SMILES string of the molecule is COc1cc2[nH]cc(CCNC(=O)n3cc(F)c(=O)[nH]c3=O)c2c(OC)c1OC. The number of aromatic nitrogens is 3. The van der Waals surface area contributed by atoms with E-state index in [-0.39, 0.29) is 6.54 Å². The molecule has 29 heavy (non-hydrogen) atoms. The maximum atomic E-state index is 13.3. The molecule has 0 unspecified atom stereocenters. The predicted octanol–water partition coefficient (Wildman–Crippen LogP) is 0.983. The van der Waals surface area contributed by atoms with Gasteiger partial charge in [-0.3, -0.25) is 9.78 Å². The van der Waals surface area contributed by atoms with Crippen LogP contribution in [0.4, 0.5) is 9.18 Å². The van der Waals surface area contributed by atoms with Gasteiger partial charge in [0.2, 0.25) is 11.6 Å². The quantitative estimate of drug-likeness (QED) is 0.560. The summed E-state index contributed by atoms with van der Waals surface area (Å²) in [6, 6.07) is 0.901. The molecule has 1 aromatic carbocycles. The van der Waals surface area contributed by atoms with Crippen molar-refractivity contribution in [1.29, 1.82) is 0 Å². The van der Waals surface area contributed by atoms with Crippen molar-refractivity contribution in [2.75, 3.05) is 27.9 Å². The molecule has 0 radical (unpaired) electrons. The summed E-state index contributed by atoms with van der Waals surface area (Å²) < 4.78 is 30.0. The third kappa shape index (κ3) is 3.66. The molecule has 2 aromatic heterocycles. The van der Waals surface area contributed by atoms with Crippen LogP contribution < -0.4 is 30.8 Å². The first-order chi connectivity index (χ1) is 13.9. The Morgan fingerprint density at radius 2 is 1.90 bits per heavy atom. The number of benzene rings is 1. The van der Waals surface area contributed by atoms with Gasteiger partial charge < -0.3 is 24.5 Å². The fraction of sp³-hybridized carbons (Fsp3) is 0.278. The lowest BCUT2D eigenvalue weighted by molar-refractivity contribution is 0.241. The minimum Gasteiger partial charge on any atom is -0.493 e. The first kappa shape index (κ1) is 20.0. The van der Waals surface area contributed by atoms with Gasteiger partial charge in [0.05, 0.1) is 33.0 Å². The normalized spacial score (nSPS) is 10.8. The Balaban J connectivity index is 1.83. The highest BCUT2D eigenvalue weighted by molar-refractivity contribution is 5.94. The Morgan fingerprint density at radius 3 is 2.55 bits per heavy atom. The Bertz CT molecular complexity index is 1180. The summed E-state index contributed by atoms with van der Waals surface area (Å²) in [5.74, 6) is 0.172. The van der Waals surface area contributed by atoms with Crippen LogP contribution in [0.25, 0.3) is 10.9 Å². The molecular weight excluding hydrogens is 387 g/mol. The van der Waals surface area contributed by atoms with Crippen molar-refractivity contribution in [2.24, 2.45) is 0 Å². The minimum absolute atomic E-state index is 0.135. The predicted molar refractivity (Wildman–Crippen MR) is 102 cm³/mol. The van der Waals surface area contributed by atoms with Gasteiger partial charge >= 0.3 is 11.7 Å². The van der Waals surface area contributed by atoms with Gasteiger partial charge in [0.25, 0.3) is 5.56 Å². The number of halogens is 1. The van der Waals surface area contributed by atoms with Crippen LogP contribution in [-0.2, 0) is 6.42 Å². The number of nitrogens with zero attached hydrogens (tertiary/aromatic N) is 1. The molecule has 154 valence electrons. The van der Waals surface area contributed by atoms with Gasteiger partial charge in [-0.05, 0) is 12.0 Å². The summed E-state index contributed by atoms with van der Waals surface area (Å²) >= 11 is 0. The highest BCUT2D eigenvalue weighted by Gasteiger charge is 2.20. The van der Waals surface area contributed by atoms with Gasteiger partial charge in [-0.2, -0.15) is 4.39 Å². The molecule has 2 heterocycles. The Labute approximate surface area is 163 Å². The van der Waals surface area contributed by atoms with Gasteiger partial charge in [0, 0.05) is 24.2 Å². The second-order valence-corrected chi connectivity index (χ2v) is 5.97. The summed E-state index contributed by atoms with van der Waals surface area (Å²) in [5, 5.41) is 3.26. The molecule has 1 amide bonds. The number of fused-ring (bicyclic) bond motifs is 1. The number of hydrogen-bond acceptors (Lipinski definition) is 6. The van der Waals surface area contributed by atoms with Crippen molar-refractivity contribution in [2.45, 2.75) is 6.42 Å². The molecule has 0 aliphatic heterocycles. The summed E-state index contributed by atoms with van der Waals surface area (Å²) in [6.07, 6.45) is 2.67. The maximum absolute atomic E-state index is 13.3. The molecule has 0 spiro atoms. The van der Waals surface area contributed by atoms with Crippen molar-refractivity contribution in [3.05, 3.63) is 50.7 Å². The highest BCUT2D eigenvalue weighted by atomic mass is 19.1. The molecule has 0 bridgehead atoms. The molecule has 10 nitrogen and oxygen atoms in total. The van der Waals surface area contributed by atoms with E-state index in [9.17, 15) is 18.8 Å². The van der Waals surface area contributed by atoms with Crippen molar-refractivity contribution in [3.8, 4) is 17.2 Å². The number of carbonyl (C=O) groups excluding carboxylic acids is 1. The molecule has 3 aromatic rings. The number of aromatic amines is 2. The number of methoxy groups -OCH3 is 3. The van der Waals surface area contributed by atoms with Crippen molar-refractivity contribution in [3.63, 3.8) is 0 Å². The number of H-pyrrole nitrogens is 2. The van der Waals surface area contributed by atoms with Crippen LogP contribution in [0.1, 0.15) is 5.56 Å². The third-order valence-corrected chi connectivity index (χ3v) is 4.34. The van der Waals surface area contributed by atoms with E-state index in [0.29, 0.717) is 34.4 Å². The molecule has 0 saturated carbocycles. The second kappa shape index (κ2) is 8.09. The second-order valence-electron chi connectivity index (χ2n) is 5.97. The first-order valence-corrected chi connectivity index (χ1v) is 8.49. The topological polar surface area (TPSA) is 127 Å². The summed E-state index contributed by atoms with van der Waals surface area (Å²) in [4.78, 5) is 39.7. The molecular formula is C18H19FN4O6. The molecule has 11 heteroatoms. The van der Waals surface area contributed by atoms with Crippen molar-refractivity contribution < 1.29 is 23.4 Å². The van der Waals surface area contributed by atoms with E-state index >= 15 is 0 Å². The lowest BCUT2D eigenvalue weighted by Gasteiger charge is -2.14. The van der Waals surface area contributed by atoms with Gasteiger partial charge in [0.15, 0.2) is 11.5 Å². The number of amides is 1. The fourth-order valence-corrected chi connectivity index (χ4v) is 3.01. The van der Waals surface area contributed by atoms with Gasteiger partial charge in [-0.25, -0.2) is 14.2 Å². The zero-order valence-electron chi connectivity index (χ0n) is 15.9. The van der Waals surface area contributed by atoms with Crippen LogP contribution in [0, 0.1) is 5.82 Å². The average molecular weight is 406 g/mol. The monoisotopic (exact) mass is 406 g/mol. The smallest absolute Gasteiger partial charge is 0.336 e. The largest absolute Gasteiger partial charge is 0.493 e. The lowest BCUT2D eigenvalue weighted by atomic mass is 10.1. The molecule has 3 N–H and O–H groups in total. The third-order valence-electron chi connectivity index (χ3n) is 4.34. The standard InChI is InChI=1S/C18H19FN4O6/c1-27-12-6-11-13(15(29-3)14(12)28-2)9(7-21-11)4-5-20-17(25)23-8-10(19)16(24)22-18(23)26/h6-8,21H,4-5H2,1-3H3,(H,20,25)(H,22,24,26). The van der Waals surface area contributed by atoms with E-state index in [1.165, 1.54) is 21.3 Å². The van der Waals surface area contributed by atoms with Crippen LogP contribution >= 0.6 is 0 Å². The highest BCUT2D eigenvalue weighted by Crippen LogP contribution is 2.44. The fourth-order valence-electron chi connectivity index (χ4n) is 3.01. The van der Waals surface area contributed by atoms with Crippen LogP contribution in [0.5, 0.6) is 17.2 Å². The van der Waals surface area contributed by atoms with Crippen LogP contribution in [0.3, 0.4) is 0 Å². The summed E-state index contributed by atoms with van der Waals surface area (Å²) in [7, 11) is 4.52. The number of ether oxygens (including phenoxy) is 3. The molecule has 0 fully saturated rings. The summed E-state index contributed by atoms with van der Waals surface area (Å²) in [6.45, 7) is 0.135. The zero-order chi connectivity index (χ0) is 21.1. The number of carbonyl (C=O) groups is 1. The molecule has 3 rings (SSSR count). The Hall–Kier alpha value is -3.76. The van der Waals surface area contributed by atoms with Crippen LogP contribution in [0.2, 0.25) is 0 Å². The summed E-state index contributed by atoms with van der Waals surface area (Å²) in [5.41, 5.74) is -0.647. The van der Waals surface area contributed by atoms with E-state index in [2.05, 4.69) is 10.3 Å². The van der Waals surface area contributed by atoms with Gasteiger partial charge in [-0.15, -0.1) is 0 Å². The van der Waals surface area contributed by atoms with E-state index < -0.39 is 23.1 Å². The van der Waals surface area contributed by atoms with E-state index in [1.54, 1.807) is 17.2 Å². The number of hydrogen-bond donors (Lipinski definition) is 3. The maximum Gasteiger partial charge on any atom is 0.336 e. The van der Waals surface area contributed by atoms with E-state index in [1.807, 2.05) is 0 Å². The average Bonchev–Trinajstić information content (AvgIpc) is 3.11. The van der Waals surface area contributed by atoms with Crippen molar-refractivity contribution >= 4 is 16.9 Å². The van der Waals surface area contributed by atoms with Crippen LogP contribution in [0.15, 0.2) is 28.0 Å². The molecule has 0 saturated heterocycles. The first-order valence-electron chi connectivity index (χ1n) is 8.49. The van der Waals surface area contributed by atoms with E-state index in [4.69, 9.17) is 14.2 Å². The zero-order valence-corrected chi connectivity index (χ0v) is 15.9. The van der Waals surface area contributed by atoms with Crippen molar-refractivity contribution in [1.82, 2.24) is 19.9 Å². The lowest BCUT2D eigenvalue weighted by Crippen LogP contribution is -2.41. The van der Waals surface area contributed by atoms with Crippen LogP contribution in [-0.4, -0.2) is 48.4 Å². The Morgan fingerprint density at radius 1 is 1.17 bits per heavy atom. The number of nitrogens with one attached hydrogen (secondary N) is 3. The minimum atomic E-state index is -1.23. The molecule has 0 atom stereocenters. The molecule has 0 aliphatic carbocycles. The van der Waals surface area contributed by atoms with Gasteiger partial charge in [0.1, 0.15) is 0 Å².